The molecule has 1 unspecified atom stereocenters. The van der Waals surface area contributed by atoms with Gasteiger partial charge in [0.05, 0.1) is 5.69 Å². The lowest BCUT2D eigenvalue weighted by atomic mass is 9.97. The van der Waals surface area contributed by atoms with Gasteiger partial charge in [0, 0.05) is 18.8 Å². The number of aryl methyl sites for hydroxylation is 2. The molecular weight excluding hydrogens is 198 g/mol. The molecule has 1 aromatic heterocycles. The number of nitrogens with two attached hydrogens (primary N) is 1. The molecular formula is C13H25N3. The summed E-state index contributed by atoms with van der Waals surface area (Å²) in [6, 6.07) is 0.268. The van der Waals surface area contributed by atoms with Gasteiger partial charge < -0.3 is 5.73 Å². The molecule has 0 saturated heterocycles. The van der Waals surface area contributed by atoms with Gasteiger partial charge >= 0.3 is 0 Å². The van der Waals surface area contributed by atoms with Crippen molar-refractivity contribution in [2.45, 2.75) is 53.0 Å². The van der Waals surface area contributed by atoms with E-state index in [-0.39, 0.29) is 6.04 Å². The first-order valence-electron chi connectivity index (χ1n) is 6.16. The standard InChI is InChI=1S/C13H25N3/c1-9(2)6-7-12(14)8-13-10(3)15-16(5)11(13)4/h9,12H,6-8,14H2,1-5H3. The summed E-state index contributed by atoms with van der Waals surface area (Å²) in [5, 5.41) is 4.42. The number of rotatable bonds is 5. The molecule has 0 radical (unpaired) electrons. The second-order valence-corrected chi connectivity index (χ2v) is 5.21. The molecule has 0 bridgehead atoms. The van der Waals surface area contributed by atoms with Crippen molar-refractivity contribution in [1.29, 1.82) is 0 Å². The van der Waals surface area contributed by atoms with Gasteiger partial charge in [0.25, 0.3) is 0 Å². The van der Waals surface area contributed by atoms with E-state index in [4.69, 9.17) is 5.73 Å². The van der Waals surface area contributed by atoms with E-state index >= 15 is 0 Å². The topological polar surface area (TPSA) is 43.8 Å². The maximum Gasteiger partial charge on any atom is 0.0628 e. The van der Waals surface area contributed by atoms with Crippen LogP contribution in [0.4, 0.5) is 0 Å². The van der Waals surface area contributed by atoms with E-state index in [0.717, 1.165) is 24.5 Å². The Bertz CT molecular complexity index is 339. The van der Waals surface area contributed by atoms with Crippen LogP contribution < -0.4 is 5.73 Å². The third-order valence-corrected chi connectivity index (χ3v) is 3.24. The zero-order valence-electron chi connectivity index (χ0n) is 11.2. The Hall–Kier alpha value is -0.830. The van der Waals surface area contributed by atoms with Gasteiger partial charge in [0.2, 0.25) is 0 Å². The number of hydrogen-bond acceptors (Lipinski definition) is 2. The largest absolute Gasteiger partial charge is 0.327 e. The van der Waals surface area contributed by atoms with E-state index < -0.39 is 0 Å². The Morgan fingerprint density at radius 1 is 1.25 bits per heavy atom. The van der Waals surface area contributed by atoms with Crippen LogP contribution in [0.15, 0.2) is 0 Å². The van der Waals surface area contributed by atoms with E-state index in [1.54, 1.807) is 0 Å². The van der Waals surface area contributed by atoms with Crippen LogP contribution in [0.2, 0.25) is 0 Å². The first kappa shape index (κ1) is 13.2. The molecule has 0 amide bonds. The maximum absolute atomic E-state index is 6.16. The molecule has 0 aliphatic rings. The summed E-state index contributed by atoms with van der Waals surface area (Å²) in [5.41, 5.74) is 9.87. The van der Waals surface area contributed by atoms with Gasteiger partial charge in [0.15, 0.2) is 0 Å². The third kappa shape index (κ3) is 3.34. The van der Waals surface area contributed by atoms with Crippen LogP contribution in [0.3, 0.4) is 0 Å². The summed E-state index contributed by atoms with van der Waals surface area (Å²) >= 11 is 0. The molecule has 1 rings (SSSR count). The van der Waals surface area contributed by atoms with Crippen LogP contribution in [0.1, 0.15) is 43.6 Å². The van der Waals surface area contributed by atoms with Crippen molar-refractivity contribution in [2.75, 3.05) is 0 Å². The molecule has 0 saturated carbocycles. The summed E-state index contributed by atoms with van der Waals surface area (Å²) in [5.74, 6) is 0.738. The summed E-state index contributed by atoms with van der Waals surface area (Å²) < 4.78 is 1.94. The maximum atomic E-state index is 6.16. The highest BCUT2D eigenvalue weighted by molar-refractivity contribution is 5.25. The fraction of sp³-hybridized carbons (Fsp3) is 0.769. The van der Waals surface area contributed by atoms with Crippen molar-refractivity contribution in [3.05, 3.63) is 17.0 Å². The molecule has 16 heavy (non-hydrogen) atoms. The first-order chi connectivity index (χ1) is 7.41. The summed E-state index contributed by atoms with van der Waals surface area (Å²) in [6.07, 6.45) is 3.27. The summed E-state index contributed by atoms with van der Waals surface area (Å²) in [4.78, 5) is 0. The van der Waals surface area contributed by atoms with Gasteiger partial charge in [0.1, 0.15) is 0 Å². The smallest absolute Gasteiger partial charge is 0.0628 e. The highest BCUT2D eigenvalue weighted by Gasteiger charge is 2.13. The molecule has 3 nitrogen and oxygen atoms in total. The average molecular weight is 223 g/mol. The number of aromatic nitrogens is 2. The lowest BCUT2D eigenvalue weighted by Crippen LogP contribution is -2.23. The predicted molar refractivity (Wildman–Crippen MR) is 68.4 cm³/mol. The molecule has 3 heteroatoms. The van der Waals surface area contributed by atoms with Gasteiger partial charge in [-0.25, -0.2) is 0 Å². The van der Waals surface area contributed by atoms with Crippen molar-refractivity contribution in [1.82, 2.24) is 9.78 Å². The molecule has 0 aliphatic heterocycles. The van der Waals surface area contributed by atoms with Crippen molar-refractivity contribution < 1.29 is 0 Å². The van der Waals surface area contributed by atoms with E-state index in [0.29, 0.717) is 0 Å². The second-order valence-electron chi connectivity index (χ2n) is 5.21. The number of hydrogen-bond donors (Lipinski definition) is 1. The predicted octanol–water partition coefficient (Wildman–Crippen LogP) is 2.34. The van der Waals surface area contributed by atoms with Gasteiger partial charge in [-0.15, -0.1) is 0 Å². The van der Waals surface area contributed by atoms with E-state index in [2.05, 4.69) is 32.8 Å². The van der Waals surface area contributed by atoms with Crippen LogP contribution in [-0.4, -0.2) is 15.8 Å². The van der Waals surface area contributed by atoms with Crippen LogP contribution in [0.5, 0.6) is 0 Å². The lowest BCUT2D eigenvalue weighted by molar-refractivity contribution is 0.494. The Morgan fingerprint density at radius 3 is 2.31 bits per heavy atom. The first-order valence-corrected chi connectivity index (χ1v) is 6.16. The minimum absolute atomic E-state index is 0.268. The van der Waals surface area contributed by atoms with Crippen molar-refractivity contribution in [3.63, 3.8) is 0 Å². The zero-order chi connectivity index (χ0) is 12.3. The number of nitrogens with zero attached hydrogens (tertiary/aromatic N) is 2. The van der Waals surface area contributed by atoms with Crippen LogP contribution >= 0.6 is 0 Å². The quantitative estimate of drug-likeness (QED) is 0.832. The lowest BCUT2D eigenvalue weighted by Gasteiger charge is -2.13. The van der Waals surface area contributed by atoms with Crippen molar-refractivity contribution >= 4 is 0 Å². The van der Waals surface area contributed by atoms with E-state index in [1.165, 1.54) is 17.7 Å². The van der Waals surface area contributed by atoms with Crippen molar-refractivity contribution in [2.24, 2.45) is 18.7 Å². The summed E-state index contributed by atoms with van der Waals surface area (Å²) in [6.45, 7) is 8.67. The molecule has 0 aromatic carbocycles. The molecule has 2 N–H and O–H groups in total. The van der Waals surface area contributed by atoms with Gasteiger partial charge in [-0.2, -0.15) is 5.10 Å². The molecule has 1 aromatic rings. The van der Waals surface area contributed by atoms with E-state index in [9.17, 15) is 0 Å². The monoisotopic (exact) mass is 223 g/mol. The van der Waals surface area contributed by atoms with Crippen LogP contribution in [-0.2, 0) is 13.5 Å². The van der Waals surface area contributed by atoms with Crippen molar-refractivity contribution in [3.8, 4) is 0 Å². The Balaban J connectivity index is 2.59. The molecule has 1 heterocycles. The molecule has 0 spiro atoms. The Morgan fingerprint density at radius 2 is 1.88 bits per heavy atom. The van der Waals surface area contributed by atoms with Crippen LogP contribution in [0.25, 0.3) is 0 Å². The fourth-order valence-corrected chi connectivity index (χ4v) is 2.02. The summed E-state index contributed by atoms with van der Waals surface area (Å²) in [7, 11) is 1.99. The molecule has 1 atom stereocenters. The highest BCUT2D eigenvalue weighted by Crippen LogP contribution is 2.16. The van der Waals surface area contributed by atoms with Crippen LogP contribution in [0, 0.1) is 19.8 Å². The second kappa shape index (κ2) is 5.48. The molecule has 92 valence electrons. The third-order valence-electron chi connectivity index (χ3n) is 3.24. The van der Waals surface area contributed by atoms with E-state index in [1.807, 2.05) is 11.7 Å². The Kier molecular flexibility index (Phi) is 4.54. The minimum atomic E-state index is 0.268. The zero-order valence-corrected chi connectivity index (χ0v) is 11.2. The fourth-order valence-electron chi connectivity index (χ4n) is 2.02. The van der Waals surface area contributed by atoms with Gasteiger partial charge in [-0.3, -0.25) is 4.68 Å². The highest BCUT2D eigenvalue weighted by atomic mass is 15.3. The average Bonchev–Trinajstić information content (AvgIpc) is 2.42. The van der Waals surface area contributed by atoms with Gasteiger partial charge in [-0.05, 0) is 44.6 Å². The van der Waals surface area contributed by atoms with Gasteiger partial charge in [-0.1, -0.05) is 13.8 Å². The molecule has 0 fully saturated rings. The SMILES string of the molecule is Cc1nn(C)c(C)c1CC(N)CCC(C)C. The normalized spacial score (nSPS) is 13.4. The Labute approximate surface area is 99.0 Å². The minimum Gasteiger partial charge on any atom is -0.327 e. The molecule has 0 aliphatic carbocycles.